The second-order valence-corrected chi connectivity index (χ2v) is 15.4. The summed E-state index contributed by atoms with van der Waals surface area (Å²) in [5, 5.41) is 4.79. The first kappa shape index (κ1) is 37.4. The Morgan fingerprint density at radius 3 is 1.84 bits per heavy atom. The van der Waals surface area contributed by atoms with E-state index in [1.807, 2.05) is 0 Å². The van der Waals surface area contributed by atoms with Crippen molar-refractivity contribution in [1.29, 1.82) is 0 Å². The number of thioether (sulfide) groups is 1. The van der Waals surface area contributed by atoms with Crippen LogP contribution in [0.15, 0.2) is 107 Å². The fraction of sp³-hybridized carbons (Fsp3) is 0.233. The van der Waals surface area contributed by atoms with Crippen molar-refractivity contribution >= 4 is 61.9 Å². The van der Waals surface area contributed by atoms with Crippen molar-refractivity contribution in [2.45, 2.75) is 62.9 Å². The average Bonchev–Trinajstić information content (AvgIpc) is 3.48. The zero-order chi connectivity index (χ0) is 34.4. The molecule has 7 rings (SSSR count). The number of rotatable bonds is 8. The molecule has 7 heteroatoms. The van der Waals surface area contributed by atoms with E-state index in [2.05, 4.69) is 171 Å². The smallest absolute Gasteiger partial charge is 0 e. The fourth-order valence-corrected chi connectivity index (χ4v) is 9.96. The number of benzene rings is 6. The molecule has 1 aliphatic heterocycles. The third-order valence-electron chi connectivity index (χ3n) is 9.64. The zero-order valence-corrected chi connectivity index (χ0v) is 36.5. The Kier molecular flexibility index (Phi) is 11.8. The van der Waals surface area contributed by atoms with E-state index in [0.29, 0.717) is 0 Å². The molecule has 0 spiro atoms. The van der Waals surface area contributed by atoms with E-state index in [-0.39, 0.29) is 52.9 Å². The van der Waals surface area contributed by atoms with Gasteiger partial charge in [0.05, 0.1) is 0 Å². The second kappa shape index (κ2) is 15.7. The molecular weight excluding hydrogens is 867 g/mol. The van der Waals surface area contributed by atoms with Crippen LogP contribution in [0.4, 0.5) is 11.4 Å². The van der Waals surface area contributed by atoms with Crippen LogP contribution in [-0.2, 0) is 30.5 Å². The minimum absolute atomic E-state index is 0. The van der Waals surface area contributed by atoms with Crippen molar-refractivity contribution in [1.82, 2.24) is 0 Å². The molecule has 0 aliphatic carbocycles. The molecule has 0 bridgehead atoms. The molecule has 6 aromatic rings. The largest absolute Gasteiger partial charge is 0 e. The summed E-state index contributed by atoms with van der Waals surface area (Å²) >= 11 is 10.6. The van der Waals surface area contributed by atoms with Crippen LogP contribution in [0.2, 0.25) is 0 Å². The van der Waals surface area contributed by atoms with Gasteiger partial charge in [0, 0.05) is 41.3 Å². The van der Waals surface area contributed by atoms with Gasteiger partial charge < -0.3 is 0 Å². The predicted molar refractivity (Wildman–Crippen MR) is 209 cm³/mol. The van der Waals surface area contributed by atoms with Gasteiger partial charge in [-0.3, -0.25) is 0 Å². The van der Waals surface area contributed by atoms with Gasteiger partial charge in [0.1, 0.15) is 0 Å². The molecular formula is C43H41N2OPrRuS2. The summed E-state index contributed by atoms with van der Waals surface area (Å²) in [5.41, 5.74) is 11.0. The fourth-order valence-electron chi connectivity index (χ4n) is 7.90. The van der Waals surface area contributed by atoms with Gasteiger partial charge in [-0.05, 0) is 0 Å². The number of nitrogens with zero attached hydrogens (tertiary/aromatic N) is 2. The summed E-state index contributed by atoms with van der Waals surface area (Å²) in [5.74, 6) is 0.858. The SMILES string of the molecule is Cc1cc(C)c(N2CCN(c3c(C)cc(C)cc3C)C2[C@H](Oc2ccccc2[CH]=[Ru+])Sc2c([S-])ccc3ccc4ccccc4c23)c(C)c1.[Pr]. The van der Waals surface area contributed by atoms with Crippen LogP contribution < -0.4 is 14.5 Å². The minimum atomic E-state index is -0.346. The summed E-state index contributed by atoms with van der Waals surface area (Å²) in [4.78, 5) is 7.13. The van der Waals surface area contributed by atoms with Crippen LogP contribution in [-0.4, -0.2) is 29.3 Å². The molecule has 3 nitrogen and oxygen atoms in total. The van der Waals surface area contributed by atoms with E-state index >= 15 is 0 Å². The van der Waals surface area contributed by atoms with Gasteiger partial charge >= 0.3 is 312 Å². The molecule has 0 amide bonds. The van der Waals surface area contributed by atoms with Crippen LogP contribution in [0, 0.1) is 82.8 Å². The first-order chi connectivity index (χ1) is 23.6. The van der Waals surface area contributed by atoms with Crippen molar-refractivity contribution in [2.75, 3.05) is 22.9 Å². The van der Waals surface area contributed by atoms with E-state index < -0.39 is 0 Å². The number of hydrogen-bond acceptors (Lipinski definition) is 5. The Labute approximate surface area is 349 Å². The number of ether oxygens (including phenoxy) is 1. The van der Waals surface area contributed by atoms with Crippen molar-refractivity contribution in [3.05, 3.63) is 136 Å². The maximum Gasteiger partial charge on any atom is 0 e. The number of aryl methyl sites for hydroxylation is 6. The molecule has 0 unspecified atom stereocenters. The number of fused-ring (bicyclic) bond motifs is 3. The number of anilines is 2. The van der Waals surface area contributed by atoms with Crippen LogP contribution in [0.5, 0.6) is 5.75 Å². The minimum Gasteiger partial charge on any atom is 0 e. The van der Waals surface area contributed by atoms with Crippen LogP contribution >= 0.6 is 11.8 Å². The first-order valence-electron chi connectivity index (χ1n) is 16.8. The van der Waals surface area contributed by atoms with Gasteiger partial charge in [0.25, 0.3) is 0 Å². The Hall–Kier alpha value is -2.33. The summed E-state index contributed by atoms with van der Waals surface area (Å²) in [7, 11) is 0. The van der Waals surface area contributed by atoms with Crippen molar-refractivity contribution in [3.8, 4) is 5.75 Å². The third kappa shape index (κ3) is 7.18. The monoisotopic (exact) mass is 908 g/mol. The van der Waals surface area contributed by atoms with Gasteiger partial charge in [0.2, 0.25) is 0 Å². The topological polar surface area (TPSA) is 15.7 Å². The van der Waals surface area contributed by atoms with Gasteiger partial charge in [-0.1, -0.05) is 0 Å². The molecule has 1 fully saturated rings. The Bertz CT molecular complexity index is 2130. The van der Waals surface area contributed by atoms with E-state index in [9.17, 15) is 0 Å². The standard InChI is InChI=1S/C43H42N2OS2.Pr.Ru/c1-26-22-29(4)39(30(5)23-26)44-20-21-45(40-31(6)24-27(2)25-32(40)7)42(44)43(46-36-15-11-8-12-28(36)3)48-41-37(47)19-18-34-17-16-33-13-9-10-14-35(33)38(34)41;;/h3,8-19,22-25,42-43,47H,20-21H2,1-2,4-7H3;;/q;;+1/p-1/t43-;;/m1../s1. The maximum atomic E-state index is 7.34. The zero-order valence-electron chi connectivity index (χ0n) is 29.4. The van der Waals surface area contributed by atoms with E-state index in [0.717, 1.165) is 34.2 Å². The van der Waals surface area contributed by atoms with E-state index in [4.69, 9.17) is 17.4 Å². The average molecular weight is 908 g/mol. The van der Waals surface area contributed by atoms with Gasteiger partial charge in [-0.25, -0.2) is 0 Å². The summed E-state index contributed by atoms with van der Waals surface area (Å²) in [6, 6.07) is 34.9. The molecule has 0 saturated carbocycles. The Balaban J connectivity index is 0.00000432. The maximum absolute atomic E-state index is 7.34. The third-order valence-corrected chi connectivity index (χ3v) is 11.9. The van der Waals surface area contributed by atoms with Crippen LogP contribution in [0.1, 0.15) is 38.9 Å². The summed E-state index contributed by atoms with van der Waals surface area (Å²) < 4.78 is 9.40. The molecule has 1 atom stereocenters. The quantitative estimate of drug-likeness (QED) is 0.0496. The van der Waals surface area contributed by atoms with E-state index in [1.165, 1.54) is 66.3 Å². The molecule has 0 aromatic heterocycles. The molecule has 252 valence electrons. The van der Waals surface area contributed by atoms with Crippen molar-refractivity contribution in [2.24, 2.45) is 0 Å². The van der Waals surface area contributed by atoms with Crippen molar-refractivity contribution in [3.63, 3.8) is 0 Å². The molecule has 6 aromatic carbocycles. The molecule has 1 radical (unpaired) electrons. The molecule has 1 heterocycles. The summed E-state index contributed by atoms with van der Waals surface area (Å²) in [6.45, 7) is 15.1. The molecule has 50 heavy (non-hydrogen) atoms. The van der Waals surface area contributed by atoms with Crippen LogP contribution in [0.3, 0.4) is 0 Å². The summed E-state index contributed by atoms with van der Waals surface area (Å²) in [6.07, 6.45) is -0.136. The Morgan fingerprint density at radius 2 is 1.24 bits per heavy atom. The second-order valence-electron chi connectivity index (χ2n) is 13.3. The van der Waals surface area contributed by atoms with Gasteiger partial charge in [0.15, 0.2) is 0 Å². The van der Waals surface area contributed by atoms with Gasteiger partial charge in [-0.2, -0.15) is 0 Å². The molecule has 1 aliphatic rings. The number of para-hydroxylation sites is 1. The predicted octanol–water partition coefficient (Wildman–Crippen LogP) is 10.3. The molecule has 0 N–H and O–H groups in total. The van der Waals surface area contributed by atoms with E-state index in [1.54, 1.807) is 11.8 Å². The first-order valence-corrected chi connectivity index (χ1v) is 19.1. The van der Waals surface area contributed by atoms with Crippen LogP contribution in [0.25, 0.3) is 21.5 Å². The molecule has 1 saturated heterocycles. The number of hydrogen-bond donors (Lipinski definition) is 0. The normalized spacial score (nSPS) is 13.9. The Morgan fingerprint density at radius 1 is 0.720 bits per heavy atom. The van der Waals surface area contributed by atoms with Gasteiger partial charge in [-0.15, -0.1) is 0 Å². The van der Waals surface area contributed by atoms with Crippen molar-refractivity contribution < 1.29 is 63.9 Å².